The van der Waals surface area contributed by atoms with Crippen molar-refractivity contribution in [3.63, 3.8) is 0 Å². The number of aliphatic hydroxyl groups excluding tert-OH is 1. The van der Waals surface area contributed by atoms with Gasteiger partial charge in [0.15, 0.2) is 0 Å². The molecular weight excluding hydrogens is 216 g/mol. The molecule has 1 aromatic rings. The van der Waals surface area contributed by atoms with Gasteiger partial charge < -0.3 is 5.11 Å². The first kappa shape index (κ1) is 13.6. The van der Waals surface area contributed by atoms with E-state index in [2.05, 4.69) is 19.1 Å². The zero-order chi connectivity index (χ0) is 11.8. The smallest absolute Gasteiger partial charge is 0.0787 e. The molecule has 0 saturated carbocycles. The predicted octanol–water partition coefficient (Wildman–Crippen LogP) is 4.41. The predicted molar refractivity (Wildman–Crippen MR) is 71.9 cm³/mol. The van der Waals surface area contributed by atoms with E-state index < -0.39 is 0 Å². The van der Waals surface area contributed by atoms with E-state index in [4.69, 9.17) is 0 Å². The summed E-state index contributed by atoms with van der Waals surface area (Å²) in [6.07, 6.45) is 4.37. The molecule has 1 rings (SSSR count). The highest BCUT2D eigenvalue weighted by Crippen LogP contribution is 2.23. The van der Waals surface area contributed by atoms with Crippen molar-refractivity contribution in [1.82, 2.24) is 0 Å². The summed E-state index contributed by atoms with van der Waals surface area (Å²) in [5.41, 5.74) is 1.03. The van der Waals surface area contributed by atoms with Gasteiger partial charge in [-0.05, 0) is 36.3 Å². The molecule has 0 unspecified atom stereocenters. The molecule has 0 aromatic heterocycles. The molecule has 0 amide bonds. The van der Waals surface area contributed by atoms with Gasteiger partial charge in [0, 0.05) is 4.90 Å². The van der Waals surface area contributed by atoms with E-state index in [1.54, 1.807) is 0 Å². The SMILES string of the molecule is CCCCCSc1ccc([C@@H](O)CC)cc1. The van der Waals surface area contributed by atoms with Crippen LogP contribution in [-0.2, 0) is 0 Å². The number of aliphatic hydroxyl groups is 1. The second-order valence-corrected chi connectivity index (χ2v) is 5.22. The molecule has 16 heavy (non-hydrogen) atoms. The van der Waals surface area contributed by atoms with Crippen molar-refractivity contribution in [2.45, 2.75) is 50.5 Å². The molecule has 1 nitrogen and oxygen atoms in total. The van der Waals surface area contributed by atoms with Gasteiger partial charge in [0.2, 0.25) is 0 Å². The molecule has 0 saturated heterocycles. The Hall–Kier alpha value is -0.470. The van der Waals surface area contributed by atoms with Crippen LogP contribution < -0.4 is 0 Å². The molecule has 0 aliphatic rings. The average Bonchev–Trinajstić information content (AvgIpc) is 2.34. The largest absolute Gasteiger partial charge is 0.388 e. The minimum atomic E-state index is -0.306. The van der Waals surface area contributed by atoms with Crippen molar-refractivity contribution in [3.8, 4) is 0 Å². The molecule has 0 fully saturated rings. The number of rotatable bonds is 7. The number of hydrogen-bond donors (Lipinski definition) is 1. The van der Waals surface area contributed by atoms with Crippen molar-refractivity contribution in [3.05, 3.63) is 29.8 Å². The Morgan fingerprint density at radius 1 is 1.12 bits per heavy atom. The summed E-state index contributed by atoms with van der Waals surface area (Å²) in [6.45, 7) is 4.23. The zero-order valence-electron chi connectivity index (χ0n) is 10.3. The fourth-order valence-corrected chi connectivity index (χ4v) is 2.48. The van der Waals surface area contributed by atoms with E-state index in [9.17, 15) is 5.11 Å². The molecule has 1 N–H and O–H groups in total. The van der Waals surface area contributed by atoms with Crippen LogP contribution in [-0.4, -0.2) is 10.9 Å². The number of unbranched alkanes of at least 4 members (excludes halogenated alkanes) is 2. The van der Waals surface area contributed by atoms with E-state index in [1.807, 2.05) is 30.8 Å². The number of benzene rings is 1. The average molecular weight is 238 g/mol. The van der Waals surface area contributed by atoms with Gasteiger partial charge in [-0.1, -0.05) is 38.8 Å². The molecule has 0 bridgehead atoms. The fraction of sp³-hybridized carbons (Fsp3) is 0.571. The summed E-state index contributed by atoms with van der Waals surface area (Å²) in [7, 11) is 0. The Morgan fingerprint density at radius 2 is 1.81 bits per heavy atom. The Bertz CT molecular complexity index is 281. The Labute approximate surface area is 103 Å². The Morgan fingerprint density at radius 3 is 2.38 bits per heavy atom. The third-order valence-electron chi connectivity index (χ3n) is 2.67. The van der Waals surface area contributed by atoms with Crippen LogP contribution in [0.4, 0.5) is 0 Å². The summed E-state index contributed by atoms with van der Waals surface area (Å²) in [5, 5.41) is 9.66. The van der Waals surface area contributed by atoms with E-state index >= 15 is 0 Å². The molecule has 0 spiro atoms. The molecule has 1 atom stereocenters. The molecule has 2 heteroatoms. The lowest BCUT2D eigenvalue weighted by atomic mass is 10.1. The first-order chi connectivity index (χ1) is 7.77. The summed E-state index contributed by atoms with van der Waals surface area (Å²) in [4.78, 5) is 1.31. The standard InChI is InChI=1S/C14H22OS/c1-3-5-6-11-16-13-9-7-12(8-10-13)14(15)4-2/h7-10,14-15H,3-6,11H2,1-2H3/t14-/m0/s1. The van der Waals surface area contributed by atoms with Gasteiger partial charge in [-0.3, -0.25) is 0 Å². The topological polar surface area (TPSA) is 20.2 Å². The van der Waals surface area contributed by atoms with E-state index in [-0.39, 0.29) is 6.10 Å². The minimum absolute atomic E-state index is 0.306. The van der Waals surface area contributed by atoms with Crippen LogP contribution in [0.3, 0.4) is 0 Å². The normalized spacial score (nSPS) is 12.7. The monoisotopic (exact) mass is 238 g/mol. The lowest BCUT2D eigenvalue weighted by molar-refractivity contribution is 0.173. The van der Waals surface area contributed by atoms with Crippen molar-refractivity contribution < 1.29 is 5.11 Å². The van der Waals surface area contributed by atoms with E-state index in [0.717, 1.165) is 12.0 Å². The molecule has 90 valence electrons. The highest BCUT2D eigenvalue weighted by Gasteiger charge is 2.03. The fourth-order valence-electron chi connectivity index (χ4n) is 1.56. The van der Waals surface area contributed by atoms with Crippen LogP contribution in [0.5, 0.6) is 0 Å². The van der Waals surface area contributed by atoms with Crippen LogP contribution >= 0.6 is 11.8 Å². The molecule has 0 aliphatic heterocycles. The van der Waals surface area contributed by atoms with Crippen molar-refractivity contribution >= 4 is 11.8 Å². The van der Waals surface area contributed by atoms with Gasteiger partial charge in [0.25, 0.3) is 0 Å². The first-order valence-corrected chi connectivity index (χ1v) is 7.17. The van der Waals surface area contributed by atoms with Crippen molar-refractivity contribution in [2.24, 2.45) is 0 Å². The van der Waals surface area contributed by atoms with Gasteiger partial charge in [-0.25, -0.2) is 0 Å². The quantitative estimate of drug-likeness (QED) is 0.561. The molecular formula is C14H22OS. The van der Waals surface area contributed by atoms with E-state index in [1.165, 1.54) is 29.9 Å². The maximum absolute atomic E-state index is 9.66. The second kappa shape index (κ2) is 7.75. The molecule has 0 aliphatic carbocycles. The van der Waals surface area contributed by atoms with Crippen LogP contribution in [0.25, 0.3) is 0 Å². The summed E-state index contributed by atoms with van der Waals surface area (Å²) in [6, 6.07) is 8.31. The minimum Gasteiger partial charge on any atom is -0.388 e. The highest BCUT2D eigenvalue weighted by molar-refractivity contribution is 7.99. The Balaban J connectivity index is 2.39. The van der Waals surface area contributed by atoms with Crippen molar-refractivity contribution in [2.75, 3.05) is 5.75 Å². The van der Waals surface area contributed by atoms with Gasteiger partial charge in [0.05, 0.1) is 6.10 Å². The lowest BCUT2D eigenvalue weighted by Crippen LogP contribution is -1.94. The lowest BCUT2D eigenvalue weighted by Gasteiger charge is -2.08. The summed E-state index contributed by atoms with van der Waals surface area (Å²) < 4.78 is 0. The molecule has 1 aromatic carbocycles. The maximum atomic E-state index is 9.66. The van der Waals surface area contributed by atoms with Crippen LogP contribution in [0.15, 0.2) is 29.2 Å². The van der Waals surface area contributed by atoms with Gasteiger partial charge in [0.1, 0.15) is 0 Å². The zero-order valence-corrected chi connectivity index (χ0v) is 11.1. The number of hydrogen-bond acceptors (Lipinski definition) is 2. The second-order valence-electron chi connectivity index (χ2n) is 4.05. The first-order valence-electron chi connectivity index (χ1n) is 6.18. The summed E-state index contributed by atoms with van der Waals surface area (Å²) >= 11 is 1.91. The molecule has 0 radical (unpaired) electrons. The Kier molecular flexibility index (Phi) is 6.58. The highest BCUT2D eigenvalue weighted by atomic mass is 32.2. The van der Waals surface area contributed by atoms with E-state index in [0.29, 0.717) is 0 Å². The van der Waals surface area contributed by atoms with Gasteiger partial charge in [-0.15, -0.1) is 11.8 Å². The van der Waals surface area contributed by atoms with Gasteiger partial charge >= 0.3 is 0 Å². The maximum Gasteiger partial charge on any atom is 0.0787 e. The van der Waals surface area contributed by atoms with Crippen molar-refractivity contribution in [1.29, 1.82) is 0 Å². The molecule has 0 heterocycles. The van der Waals surface area contributed by atoms with Crippen LogP contribution in [0, 0.1) is 0 Å². The number of thioether (sulfide) groups is 1. The third kappa shape index (κ3) is 4.58. The van der Waals surface area contributed by atoms with Crippen LogP contribution in [0.1, 0.15) is 51.2 Å². The third-order valence-corrected chi connectivity index (χ3v) is 3.77. The van der Waals surface area contributed by atoms with Crippen LogP contribution in [0.2, 0.25) is 0 Å². The van der Waals surface area contributed by atoms with Gasteiger partial charge in [-0.2, -0.15) is 0 Å². The summed E-state index contributed by atoms with van der Waals surface area (Å²) in [5.74, 6) is 1.20.